The summed E-state index contributed by atoms with van der Waals surface area (Å²) in [6.45, 7) is 0. The van der Waals surface area contributed by atoms with Gasteiger partial charge in [0.2, 0.25) is 0 Å². The first-order valence-corrected chi connectivity index (χ1v) is 9.07. The van der Waals surface area contributed by atoms with E-state index in [1.807, 2.05) is 6.07 Å². The van der Waals surface area contributed by atoms with Crippen LogP contribution in [0.4, 0.5) is 11.4 Å². The third-order valence-electron chi connectivity index (χ3n) is 5.33. The van der Waals surface area contributed by atoms with E-state index in [0.717, 1.165) is 24.2 Å². The van der Waals surface area contributed by atoms with Gasteiger partial charge in [-0.25, -0.2) is 0 Å². The predicted molar refractivity (Wildman–Crippen MR) is 104 cm³/mol. The number of nitrogens with one attached hydrogen (secondary N) is 1. The first kappa shape index (κ1) is 18.0. The molecule has 0 aromatic heterocycles. The summed E-state index contributed by atoms with van der Waals surface area (Å²) in [7, 11) is 3.11. The number of ketones is 1. The zero-order valence-corrected chi connectivity index (χ0v) is 15.7. The largest absolute Gasteiger partial charge is 0.497 e. The molecule has 7 heteroatoms. The van der Waals surface area contributed by atoms with Crippen LogP contribution < -0.4 is 14.8 Å². The molecular formula is C21H20N2O5. The van der Waals surface area contributed by atoms with Crippen molar-refractivity contribution in [2.24, 2.45) is 0 Å². The number of nitro benzene ring substituents is 1. The van der Waals surface area contributed by atoms with E-state index in [9.17, 15) is 14.9 Å². The van der Waals surface area contributed by atoms with Crippen LogP contribution in [-0.2, 0) is 4.79 Å². The number of hydrogen-bond donors (Lipinski definition) is 1. The summed E-state index contributed by atoms with van der Waals surface area (Å²) in [5.41, 5.74) is 3.35. The third kappa shape index (κ3) is 2.79. The van der Waals surface area contributed by atoms with Crippen molar-refractivity contribution in [1.82, 2.24) is 0 Å². The number of allylic oxidation sites excluding steroid dienone is 2. The van der Waals surface area contributed by atoms with Gasteiger partial charge >= 0.3 is 0 Å². The molecule has 1 atom stereocenters. The molecule has 0 fully saturated rings. The lowest BCUT2D eigenvalue weighted by Crippen LogP contribution is -2.27. The standard InChI is InChI=1S/C21H20N2O5/c1-27-12-10-15-21(18(11-12)28-2)19(13-6-3-4-8-16(13)23(25)26)20-14(22-15)7-5-9-17(20)24/h3-4,6,8,10-11,19,22H,5,7,9H2,1-2H3. The van der Waals surface area contributed by atoms with Crippen LogP contribution in [-0.4, -0.2) is 24.9 Å². The topological polar surface area (TPSA) is 90.7 Å². The van der Waals surface area contributed by atoms with E-state index >= 15 is 0 Å². The summed E-state index contributed by atoms with van der Waals surface area (Å²) in [5, 5.41) is 15.1. The van der Waals surface area contributed by atoms with Gasteiger partial charge < -0.3 is 14.8 Å². The van der Waals surface area contributed by atoms with Crippen LogP contribution in [0.3, 0.4) is 0 Å². The number of rotatable bonds is 4. The van der Waals surface area contributed by atoms with Crippen LogP contribution in [0.2, 0.25) is 0 Å². The fraction of sp³-hybridized carbons (Fsp3) is 0.286. The summed E-state index contributed by atoms with van der Waals surface area (Å²) in [4.78, 5) is 24.2. The molecule has 1 aliphatic heterocycles. The second-order valence-corrected chi connectivity index (χ2v) is 6.83. The SMILES string of the molecule is COc1cc2c(c(OC)c1)C(c1ccccc1[N+](=O)[O-])C1=C(CCCC1=O)N2. The van der Waals surface area contributed by atoms with Crippen LogP contribution in [0.25, 0.3) is 0 Å². The number of hydrogen-bond acceptors (Lipinski definition) is 6. The number of Topliss-reactive ketones (excluding diaryl/α,β-unsaturated/α-hetero) is 1. The van der Waals surface area contributed by atoms with Gasteiger partial charge in [-0.15, -0.1) is 0 Å². The molecule has 0 saturated carbocycles. The Morgan fingerprint density at radius 1 is 1.14 bits per heavy atom. The first-order valence-electron chi connectivity index (χ1n) is 9.07. The lowest BCUT2D eigenvalue weighted by Gasteiger charge is -2.34. The first-order chi connectivity index (χ1) is 13.5. The minimum atomic E-state index is -0.568. The molecule has 0 spiro atoms. The van der Waals surface area contributed by atoms with Gasteiger partial charge in [0, 0.05) is 52.7 Å². The number of benzene rings is 2. The summed E-state index contributed by atoms with van der Waals surface area (Å²) in [6.07, 6.45) is 1.91. The summed E-state index contributed by atoms with van der Waals surface area (Å²) in [5.74, 6) is 0.576. The second-order valence-electron chi connectivity index (χ2n) is 6.83. The fourth-order valence-corrected chi connectivity index (χ4v) is 4.13. The fourth-order valence-electron chi connectivity index (χ4n) is 4.13. The average molecular weight is 380 g/mol. The smallest absolute Gasteiger partial charge is 0.273 e. The van der Waals surface area contributed by atoms with Crippen molar-refractivity contribution in [3.05, 3.63) is 68.9 Å². The second kappa shape index (κ2) is 6.99. The van der Waals surface area contributed by atoms with Gasteiger partial charge in [0.1, 0.15) is 11.5 Å². The molecule has 2 aromatic rings. The molecule has 0 bridgehead atoms. The van der Waals surface area contributed by atoms with E-state index in [1.54, 1.807) is 31.4 Å². The number of nitro groups is 1. The highest BCUT2D eigenvalue weighted by Gasteiger charge is 2.40. The highest BCUT2D eigenvalue weighted by Crippen LogP contribution is 2.51. The Bertz CT molecular complexity index is 1010. The lowest BCUT2D eigenvalue weighted by atomic mass is 9.74. The van der Waals surface area contributed by atoms with E-state index in [1.165, 1.54) is 13.2 Å². The predicted octanol–water partition coefficient (Wildman–Crippen LogP) is 4.18. The minimum Gasteiger partial charge on any atom is -0.497 e. The number of carbonyl (C=O) groups is 1. The van der Waals surface area contributed by atoms with Crippen LogP contribution in [0, 0.1) is 10.1 Å². The highest BCUT2D eigenvalue weighted by atomic mass is 16.6. The van der Waals surface area contributed by atoms with Crippen molar-refractivity contribution in [3.8, 4) is 11.5 Å². The minimum absolute atomic E-state index is 0.0107. The Kier molecular flexibility index (Phi) is 4.50. The molecule has 1 heterocycles. The van der Waals surface area contributed by atoms with Crippen LogP contribution in [0.15, 0.2) is 47.7 Å². The van der Waals surface area contributed by atoms with E-state index in [2.05, 4.69) is 5.32 Å². The van der Waals surface area contributed by atoms with E-state index < -0.39 is 10.8 Å². The molecule has 2 aliphatic rings. The van der Waals surface area contributed by atoms with E-state index in [4.69, 9.17) is 9.47 Å². The van der Waals surface area contributed by atoms with Gasteiger partial charge in [-0.1, -0.05) is 18.2 Å². The Morgan fingerprint density at radius 2 is 1.93 bits per heavy atom. The quantitative estimate of drug-likeness (QED) is 0.632. The number of para-hydroxylation sites is 1. The molecule has 1 unspecified atom stereocenters. The van der Waals surface area contributed by atoms with Crippen molar-refractivity contribution in [1.29, 1.82) is 0 Å². The van der Waals surface area contributed by atoms with Gasteiger partial charge in [0.05, 0.1) is 25.1 Å². The Hall–Kier alpha value is -3.35. The van der Waals surface area contributed by atoms with Crippen molar-refractivity contribution < 1.29 is 19.2 Å². The zero-order chi connectivity index (χ0) is 19.8. The molecule has 1 aliphatic carbocycles. The van der Waals surface area contributed by atoms with Crippen molar-refractivity contribution in [2.45, 2.75) is 25.2 Å². The highest BCUT2D eigenvalue weighted by molar-refractivity contribution is 6.01. The van der Waals surface area contributed by atoms with Gasteiger partial charge in [0.15, 0.2) is 5.78 Å². The van der Waals surface area contributed by atoms with Gasteiger partial charge in [-0.3, -0.25) is 14.9 Å². The molecule has 2 aromatic carbocycles. The monoisotopic (exact) mass is 380 g/mol. The van der Waals surface area contributed by atoms with Gasteiger partial charge in [-0.2, -0.15) is 0 Å². The summed E-state index contributed by atoms with van der Waals surface area (Å²) >= 11 is 0. The molecule has 0 radical (unpaired) electrons. The molecule has 1 N–H and O–H groups in total. The number of anilines is 1. The molecular weight excluding hydrogens is 360 g/mol. The Labute approximate surface area is 162 Å². The van der Waals surface area contributed by atoms with Crippen molar-refractivity contribution in [2.75, 3.05) is 19.5 Å². The number of ether oxygens (including phenoxy) is 2. The Balaban J connectivity index is 2.04. The maximum Gasteiger partial charge on any atom is 0.273 e. The molecule has 28 heavy (non-hydrogen) atoms. The molecule has 4 rings (SSSR count). The molecule has 7 nitrogen and oxygen atoms in total. The van der Waals surface area contributed by atoms with Crippen molar-refractivity contribution >= 4 is 17.2 Å². The number of fused-ring (bicyclic) bond motifs is 1. The molecule has 0 amide bonds. The molecule has 144 valence electrons. The number of carbonyl (C=O) groups excluding carboxylic acids is 1. The zero-order valence-electron chi connectivity index (χ0n) is 15.7. The van der Waals surface area contributed by atoms with Gasteiger partial charge in [0.25, 0.3) is 5.69 Å². The third-order valence-corrected chi connectivity index (χ3v) is 5.33. The van der Waals surface area contributed by atoms with Crippen molar-refractivity contribution in [3.63, 3.8) is 0 Å². The maximum atomic E-state index is 12.9. The Morgan fingerprint density at radius 3 is 2.64 bits per heavy atom. The lowest BCUT2D eigenvalue weighted by molar-refractivity contribution is -0.385. The summed E-state index contributed by atoms with van der Waals surface area (Å²) < 4.78 is 11.0. The van der Waals surface area contributed by atoms with Gasteiger partial charge in [-0.05, 0) is 12.8 Å². The van der Waals surface area contributed by atoms with Crippen LogP contribution in [0.1, 0.15) is 36.3 Å². The van der Waals surface area contributed by atoms with Crippen LogP contribution >= 0.6 is 0 Å². The average Bonchev–Trinajstić information content (AvgIpc) is 2.71. The van der Waals surface area contributed by atoms with E-state index in [0.29, 0.717) is 34.6 Å². The number of methoxy groups -OCH3 is 2. The maximum absolute atomic E-state index is 12.9. The normalized spacial score (nSPS) is 18.1. The molecule has 0 saturated heterocycles. The summed E-state index contributed by atoms with van der Waals surface area (Å²) in [6, 6.07) is 10.2. The van der Waals surface area contributed by atoms with E-state index in [-0.39, 0.29) is 11.5 Å². The number of nitrogens with zero attached hydrogens (tertiary/aromatic N) is 1. The van der Waals surface area contributed by atoms with Crippen LogP contribution in [0.5, 0.6) is 11.5 Å².